The first kappa shape index (κ1) is 11.3. The van der Waals surface area contributed by atoms with Gasteiger partial charge < -0.3 is 10.1 Å². The van der Waals surface area contributed by atoms with Crippen LogP contribution in [0, 0.1) is 5.92 Å². The van der Waals surface area contributed by atoms with Crippen molar-refractivity contribution in [3.8, 4) is 0 Å². The van der Waals surface area contributed by atoms with E-state index in [-0.39, 0.29) is 0 Å². The van der Waals surface area contributed by atoms with Gasteiger partial charge in [0.25, 0.3) is 0 Å². The quantitative estimate of drug-likeness (QED) is 0.727. The van der Waals surface area contributed by atoms with E-state index < -0.39 is 0 Å². The average molecular weight is 195 g/mol. The van der Waals surface area contributed by atoms with Crippen molar-refractivity contribution in [3.63, 3.8) is 0 Å². The highest BCUT2D eigenvalue weighted by Crippen LogP contribution is 2.27. The van der Waals surface area contributed by atoms with Crippen molar-refractivity contribution in [1.82, 2.24) is 5.32 Å². The maximum absolute atomic E-state index is 5.38. The fourth-order valence-corrected chi connectivity index (χ4v) is 1.88. The molecule has 1 aliphatic rings. The first-order valence-corrected chi connectivity index (χ1v) is 5.37. The number of allylic oxidation sites excluding steroid dienone is 3. The summed E-state index contributed by atoms with van der Waals surface area (Å²) in [6, 6.07) is 0. The van der Waals surface area contributed by atoms with Gasteiger partial charge in [-0.3, -0.25) is 0 Å². The lowest BCUT2D eigenvalue weighted by Gasteiger charge is -2.20. The molecule has 0 aromatic heterocycles. The number of nitrogens with one attached hydrogen (secondary N) is 1. The second kappa shape index (κ2) is 5.86. The molecule has 80 valence electrons. The van der Waals surface area contributed by atoms with Crippen molar-refractivity contribution in [2.75, 3.05) is 20.7 Å². The lowest BCUT2D eigenvalue weighted by atomic mass is 9.90. The molecule has 2 nitrogen and oxygen atoms in total. The molecular weight excluding hydrogens is 174 g/mol. The zero-order valence-corrected chi connectivity index (χ0v) is 9.47. The van der Waals surface area contributed by atoms with Gasteiger partial charge in [-0.25, -0.2) is 0 Å². The maximum atomic E-state index is 5.38. The molecule has 0 aromatic carbocycles. The van der Waals surface area contributed by atoms with Crippen molar-refractivity contribution < 1.29 is 4.74 Å². The standard InChI is InChI=1S/C12H21NO/c1-10(8-9-13-2)11-6-4-5-7-12(11)14-3/h5,7,10,13H,4,6,8-9H2,1-3H3. The summed E-state index contributed by atoms with van der Waals surface area (Å²) in [7, 11) is 3.76. The largest absolute Gasteiger partial charge is 0.497 e. The number of hydrogen-bond acceptors (Lipinski definition) is 2. The Kier molecular flexibility index (Phi) is 4.74. The van der Waals surface area contributed by atoms with Gasteiger partial charge in [-0.15, -0.1) is 0 Å². The van der Waals surface area contributed by atoms with Crippen LogP contribution in [0.3, 0.4) is 0 Å². The summed E-state index contributed by atoms with van der Waals surface area (Å²) in [4.78, 5) is 0. The van der Waals surface area contributed by atoms with E-state index in [2.05, 4.69) is 24.4 Å². The molecule has 1 aliphatic carbocycles. The Labute approximate surface area is 87.0 Å². The SMILES string of the molecule is CNCCC(C)C1=C(OC)C=CCC1. The summed E-state index contributed by atoms with van der Waals surface area (Å²) in [6.07, 6.45) is 7.80. The topological polar surface area (TPSA) is 21.3 Å². The molecule has 0 saturated heterocycles. The number of ether oxygens (including phenoxy) is 1. The van der Waals surface area contributed by atoms with Crippen LogP contribution in [0.1, 0.15) is 26.2 Å². The molecule has 1 rings (SSSR count). The Balaban J connectivity index is 2.62. The molecule has 1 unspecified atom stereocenters. The van der Waals surface area contributed by atoms with Crippen LogP contribution in [0.15, 0.2) is 23.5 Å². The predicted octanol–water partition coefficient (Wildman–Crippen LogP) is 2.48. The molecule has 2 heteroatoms. The minimum atomic E-state index is 0.627. The molecule has 0 fully saturated rings. The highest BCUT2D eigenvalue weighted by Gasteiger charge is 2.15. The van der Waals surface area contributed by atoms with Gasteiger partial charge in [-0.1, -0.05) is 13.0 Å². The summed E-state index contributed by atoms with van der Waals surface area (Å²) >= 11 is 0. The van der Waals surface area contributed by atoms with Crippen LogP contribution >= 0.6 is 0 Å². The third-order valence-corrected chi connectivity index (χ3v) is 2.81. The Bertz CT molecular complexity index is 230. The predicted molar refractivity (Wildman–Crippen MR) is 60.1 cm³/mol. The Morgan fingerprint density at radius 1 is 1.57 bits per heavy atom. The van der Waals surface area contributed by atoms with E-state index in [1.54, 1.807) is 7.11 Å². The van der Waals surface area contributed by atoms with Crippen LogP contribution in [-0.4, -0.2) is 20.7 Å². The second-order valence-corrected chi connectivity index (χ2v) is 3.83. The zero-order valence-electron chi connectivity index (χ0n) is 9.47. The van der Waals surface area contributed by atoms with Crippen molar-refractivity contribution >= 4 is 0 Å². The molecule has 1 atom stereocenters. The fourth-order valence-electron chi connectivity index (χ4n) is 1.88. The molecule has 0 bridgehead atoms. The average Bonchev–Trinajstić information content (AvgIpc) is 2.25. The van der Waals surface area contributed by atoms with Crippen LogP contribution in [0.4, 0.5) is 0 Å². The van der Waals surface area contributed by atoms with Gasteiger partial charge in [0, 0.05) is 0 Å². The van der Waals surface area contributed by atoms with Crippen LogP contribution in [0.25, 0.3) is 0 Å². The minimum absolute atomic E-state index is 0.627. The summed E-state index contributed by atoms with van der Waals surface area (Å²) in [5, 5.41) is 3.19. The Hall–Kier alpha value is -0.760. The van der Waals surface area contributed by atoms with Gasteiger partial charge in [-0.2, -0.15) is 0 Å². The van der Waals surface area contributed by atoms with E-state index in [0.29, 0.717) is 5.92 Å². The van der Waals surface area contributed by atoms with Crippen LogP contribution in [0.2, 0.25) is 0 Å². The van der Waals surface area contributed by atoms with Gasteiger partial charge >= 0.3 is 0 Å². The molecule has 14 heavy (non-hydrogen) atoms. The molecular formula is C12H21NO. The number of hydrogen-bond donors (Lipinski definition) is 1. The Morgan fingerprint density at radius 2 is 2.36 bits per heavy atom. The van der Waals surface area contributed by atoms with Gasteiger partial charge in [0.15, 0.2) is 0 Å². The van der Waals surface area contributed by atoms with Crippen molar-refractivity contribution in [2.24, 2.45) is 5.92 Å². The smallest absolute Gasteiger partial charge is 0.118 e. The summed E-state index contributed by atoms with van der Waals surface area (Å²) in [5.41, 5.74) is 1.48. The van der Waals surface area contributed by atoms with Crippen LogP contribution in [0.5, 0.6) is 0 Å². The molecule has 1 N–H and O–H groups in total. The van der Waals surface area contributed by atoms with E-state index in [1.807, 2.05) is 7.05 Å². The minimum Gasteiger partial charge on any atom is -0.497 e. The van der Waals surface area contributed by atoms with Crippen molar-refractivity contribution in [3.05, 3.63) is 23.5 Å². The van der Waals surface area contributed by atoms with Crippen LogP contribution < -0.4 is 5.32 Å². The highest BCUT2D eigenvalue weighted by molar-refractivity contribution is 5.26. The number of rotatable bonds is 5. The first-order valence-electron chi connectivity index (χ1n) is 5.37. The Morgan fingerprint density at radius 3 is 3.00 bits per heavy atom. The first-order chi connectivity index (χ1) is 6.79. The van der Waals surface area contributed by atoms with Crippen molar-refractivity contribution in [2.45, 2.75) is 26.2 Å². The van der Waals surface area contributed by atoms with Gasteiger partial charge in [0.05, 0.1) is 7.11 Å². The van der Waals surface area contributed by atoms with E-state index in [4.69, 9.17) is 4.74 Å². The van der Waals surface area contributed by atoms with E-state index >= 15 is 0 Å². The van der Waals surface area contributed by atoms with E-state index in [0.717, 1.165) is 25.1 Å². The summed E-state index contributed by atoms with van der Waals surface area (Å²) < 4.78 is 5.38. The normalized spacial score (nSPS) is 18.5. The van der Waals surface area contributed by atoms with Gasteiger partial charge in [-0.05, 0) is 50.4 Å². The molecule has 0 heterocycles. The van der Waals surface area contributed by atoms with Crippen LogP contribution in [-0.2, 0) is 4.74 Å². The molecule has 0 radical (unpaired) electrons. The molecule has 0 aliphatic heterocycles. The van der Waals surface area contributed by atoms with Gasteiger partial charge in [0.1, 0.15) is 5.76 Å². The van der Waals surface area contributed by atoms with Gasteiger partial charge in [0.2, 0.25) is 0 Å². The maximum Gasteiger partial charge on any atom is 0.118 e. The molecule has 0 aromatic rings. The second-order valence-electron chi connectivity index (χ2n) is 3.83. The summed E-state index contributed by atoms with van der Waals surface area (Å²) in [6.45, 7) is 3.36. The fraction of sp³-hybridized carbons (Fsp3) is 0.667. The lowest BCUT2D eigenvalue weighted by molar-refractivity contribution is 0.292. The van der Waals surface area contributed by atoms with Crippen molar-refractivity contribution in [1.29, 1.82) is 0 Å². The molecule has 0 spiro atoms. The highest BCUT2D eigenvalue weighted by atomic mass is 16.5. The molecule has 0 saturated carbocycles. The lowest BCUT2D eigenvalue weighted by Crippen LogP contribution is -2.14. The van der Waals surface area contributed by atoms with E-state index in [9.17, 15) is 0 Å². The molecule has 0 amide bonds. The third-order valence-electron chi connectivity index (χ3n) is 2.81. The zero-order chi connectivity index (χ0) is 10.4. The third kappa shape index (κ3) is 2.88. The van der Waals surface area contributed by atoms with E-state index in [1.165, 1.54) is 12.0 Å². The number of methoxy groups -OCH3 is 1. The summed E-state index contributed by atoms with van der Waals surface area (Å²) in [5.74, 6) is 1.71. The monoisotopic (exact) mass is 195 g/mol.